The molecular weight excluding hydrogens is 252 g/mol. The third kappa shape index (κ3) is 4.07. The molecule has 0 fully saturated rings. The highest BCUT2D eigenvalue weighted by atomic mass is 16.1. The highest BCUT2D eigenvalue weighted by Crippen LogP contribution is 2.15. The summed E-state index contributed by atoms with van der Waals surface area (Å²) in [6.07, 6.45) is 3.50. The fourth-order valence-corrected chi connectivity index (χ4v) is 2.06. The summed E-state index contributed by atoms with van der Waals surface area (Å²) >= 11 is 0. The van der Waals surface area contributed by atoms with Crippen molar-refractivity contribution >= 4 is 11.6 Å². The molecule has 20 heavy (non-hydrogen) atoms. The van der Waals surface area contributed by atoms with Gasteiger partial charge < -0.3 is 11.5 Å². The van der Waals surface area contributed by atoms with Crippen LogP contribution in [0.2, 0.25) is 0 Å². The molecule has 5 nitrogen and oxygen atoms in total. The van der Waals surface area contributed by atoms with E-state index in [1.807, 2.05) is 41.3 Å². The number of carbonyl (C=O) groups is 1. The van der Waals surface area contributed by atoms with E-state index in [1.54, 1.807) is 12.4 Å². The van der Waals surface area contributed by atoms with Gasteiger partial charge in [-0.15, -0.1) is 0 Å². The van der Waals surface area contributed by atoms with Crippen molar-refractivity contribution in [3.8, 4) is 0 Å². The molecule has 104 valence electrons. The lowest BCUT2D eigenvalue weighted by atomic mass is 10.1. The number of carbonyl (C=O) groups excluding carboxylic acids is 1. The van der Waals surface area contributed by atoms with Crippen molar-refractivity contribution in [3.63, 3.8) is 0 Å². The molecule has 1 heterocycles. The molecule has 0 radical (unpaired) electrons. The van der Waals surface area contributed by atoms with Crippen LogP contribution in [-0.4, -0.2) is 22.3 Å². The maximum atomic E-state index is 11.2. The fraction of sp³-hybridized carbons (Fsp3) is 0.200. The van der Waals surface area contributed by atoms with E-state index in [0.717, 1.165) is 11.1 Å². The summed E-state index contributed by atoms with van der Waals surface area (Å²) in [5, 5.41) is 0. The number of amides is 1. The van der Waals surface area contributed by atoms with Crippen LogP contribution in [0, 0.1) is 0 Å². The van der Waals surface area contributed by atoms with Crippen molar-refractivity contribution in [2.24, 2.45) is 5.73 Å². The van der Waals surface area contributed by atoms with Crippen molar-refractivity contribution in [1.82, 2.24) is 9.88 Å². The van der Waals surface area contributed by atoms with Gasteiger partial charge in [0, 0.05) is 31.2 Å². The maximum Gasteiger partial charge on any atom is 0.231 e. The van der Waals surface area contributed by atoms with Gasteiger partial charge in [0.25, 0.3) is 0 Å². The number of anilines is 1. The smallest absolute Gasteiger partial charge is 0.231 e. The summed E-state index contributed by atoms with van der Waals surface area (Å²) in [6.45, 7) is 1.36. The summed E-state index contributed by atoms with van der Waals surface area (Å²) in [7, 11) is 0. The minimum atomic E-state index is -0.358. The van der Waals surface area contributed by atoms with Gasteiger partial charge in [-0.2, -0.15) is 0 Å². The van der Waals surface area contributed by atoms with E-state index in [0.29, 0.717) is 18.8 Å². The summed E-state index contributed by atoms with van der Waals surface area (Å²) in [5.41, 5.74) is 14.0. The Morgan fingerprint density at radius 3 is 2.60 bits per heavy atom. The Kier molecular flexibility index (Phi) is 4.68. The molecule has 2 aromatic rings. The minimum Gasteiger partial charge on any atom is -0.398 e. The number of para-hydroxylation sites is 1. The molecule has 0 bridgehead atoms. The summed E-state index contributed by atoms with van der Waals surface area (Å²) in [4.78, 5) is 17.2. The Bertz CT molecular complexity index is 571. The Hall–Kier alpha value is -2.40. The fourth-order valence-electron chi connectivity index (χ4n) is 2.06. The van der Waals surface area contributed by atoms with Gasteiger partial charge in [-0.1, -0.05) is 24.3 Å². The average Bonchev–Trinajstić information content (AvgIpc) is 2.42. The molecule has 0 saturated heterocycles. The van der Waals surface area contributed by atoms with E-state index in [1.165, 1.54) is 0 Å². The van der Waals surface area contributed by atoms with Crippen LogP contribution in [0.5, 0.6) is 0 Å². The average molecular weight is 270 g/mol. The molecule has 5 heteroatoms. The number of pyridine rings is 1. The highest BCUT2D eigenvalue weighted by molar-refractivity contribution is 5.75. The molecule has 0 atom stereocenters. The SMILES string of the molecule is NC(=O)CN(Cc1cccnc1)Cc1ccccc1N. The number of nitrogen functional groups attached to an aromatic ring is 1. The first-order chi connectivity index (χ1) is 9.65. The zero-order chi connectivity index (χ0) is 14.4. The normalized spacial score (nSPS) is 10.7. The van der Waals surface area contributed by atoms with Crippen LogP contribution in [0.15, 0.2) is 48.8 Å². The molecular formula is C15H18N4O. The third-order valence-corrected chi connectivity index (χ3v) is 2.96. The van der Waals surface area contributed by atoms with Crippen molar-refractivity contribution in [2.45, 2.75) is 13.1 Å². The van der Waals surface area contributed by atoms with Gasteiger partial charge in [0.2, 0.25) is 5.91 Å². The van der Waals surface area contributed by atoms with Gasteiger partial charge in [0.15, 0.2) is 0 Å². The number of nitrogens with zero attached hydrogens (tertiary/aromatic N) is 2. The first-order valence-corrected chi connectivity index (χ1v) is 6.38. The second-order valence-corrected chi connectivity index (χ2v) is 4.67. The Balaban J connectivity index is 2.12. The quantitative estimate of drug-likeness (QED) is 0.771. The summed E-state index contributed by atoms with van der Waals surface area (Å²) in [6, 6.07) is 11.5. The number of hydrogen-bond donors (Lipinski definition) is 2. The van der Waals surface area contributed by atoms with Crippen LogP contribution in [0.1, 0.15) is 11.1 Å². The molecule has 0 aliphatic heterocycles. The number of hydrogen-bond acceptors (Lipinski definition) is 4. The predicted octanol–water partition coefficient (Wildman–Crippen LogP) is 1.15. The van der Waals surface area contributed by atoms with E-state index in [4.69, 9.17) is 11.5 Å². The van der Waals surface area contributed by atoms with Crippen LogP contribution in [0.25, 0.3) is 0 Å². The standard InChI is InChI=1S/C15H18N4O/c16-14-6-2-1-5-13(14)10-19(11-15(17)20)9-12-4-3-7-18-8-12/h1-8H,9-11,16H2,(H2,17,20). The van der Waals surface area contributed by atoms with E-state index in [-0.39, 0.29) is 12.5 Å². The van der Waals surface area contributed by atoms with Crippen molar-refractivity contribution < 1.29 is 4.79 Å². The Morgan fingerprint density at radius 1 is 1.15 bits per heavy atom. The zero-order valence-corrected chi connectivity index (χ0v) is 11.2. The second kappa shape index (κ2) is 6.68. The van der Waals surface area contributed by atoms with Crippen molar-refractivity contribution in [3.05, 3.63) is 59.9 Å². The van der Waals surface area contributed by atoms with Gasteiger partial charge in [-0.05, 0) is 23.3 Å². The molecule has 0 spiro atoms. The second-order valence-electron chi connectivity index (χ2n) is 4.67. The van der Waals surface area contributed by atoms with Crippen LogP contribution < -0.4 is 11.5 Å². The number of benzene rings is 1. The monoisotopic (exact) mass is 270 g/mol. The zero-order valence-electron chi connectivity index (χ0n) is 11.2. The van der Waals surface area contributed by atoms with Gasteiger partial charge >= 0.3 is 0 Å². The molecule has 0 unspecified atom stereocenters. The molecule has 4 N–H and O–H groups in total. The topological polar surface area (TPSA) is 85.2 Å². The molecule has 0 saturated carbocycles. The van der Waals surface area contributed by atoms with Gasteiger partial charge in [-0.3, -0.25) is 14.7 Å². The van der Waals surface area contributed by atoms with E-state index < -0.39 is 0 Å². The van der Waals surface area contributed by atoms with E-state index >= 15 is 0 Å². The Morgan fingerprint density at radius 2 is 1.95 bits per heavy atom. The summed E-state index contributed by atoms with van der Waals surface area (Å²) in [5.74, 6) is -0.358. The molecule has 0 aliphatic carbocycles. The molecule has 2 rings (SSSR count). The first-order valence-electron chi connectivity index (χ1n) is 6.38. The van der Waals surface area contributed by atoms with Crippen molar-refractivity contribution in [2.75, 3.05) is 12.3 Å². The van der Waals surface area contributed by atoms with Crippen LogP contribution >= 0.6 is 0 Å². The number of rotatable bonds is 6. The number of aromatic nitrogens is 1. The van der Waals surface area contributed by atoms with Crippen LogP contribution in [0.3, 0.4) is 0 Å². The van der Waals surface area contributed by atoms with Crippen LogP contribution in [-0.2, 0) is 17.9 Å². The largest absolute Gasteiger partial charge is 0.398 e. The lowest BCUT2D eigenvalue weighted by Gasteiger charge is -2.21. The van der Waals surface area contributed by atoms with Gasteiger partial charge in [0.1, 0.15) is 0 Å². The molecule has 1 amide bonds. The highest BCUT2D eigenvalue weighted by Gasteiger charge is 2.11. The lowest BCUT2D eigenvalue weighted by molar-refractivity contribution is -0.119. The minimum absolute atomic E-state index is 0.184. The van der Waals surface area contributed by atoms with Crippen LogP contribution in [0.4, 0.5) is 5.69 Å². The van der Waals surface area contributed by atoms with E-state index in [2.05, 4.69) is 4.98 Å². The van der Waals surface area contributed by atoms with Gasteiger partial charge in [-0.25, -0.2) is 0 Å². The lowest BCUT2D eigenvalue weighted by Crippen LogP contribution is -2.33. The molecule has 1 aromatic heterocycles. The first kappa shape index (κ1) is 14.0. The maximum absolute atomic E-state index is 11.2. The molecule has 1 aromatic carbocycles. The predicted molar refractivity (Wildman–Crippen MR) is 78.4 cm³/mol. The number of nitrogens with two attached hydrogens (primary N) is 2. The van der Waals surface area contributed by atoms with E-state index in [9.17, 15) is 4.79 Å². The molecule has 0 aliphatic rings. The Labute approximate surface area is 118 Å². The third-order valence-electron chi connectivity index (χ3n) is 2.96. The number of primary amides is 1. The van der Waals surface area contributed by atoms with Gasteiger partial charge in [0.05, 0.1) is 6.54 Å². The van der Waals surface area contributed by atoms with Crippen molar-refractivity contribution in [1.29, 1.82) is 0 Å². The summed E-state index contributed by atoms with van der Waals surface area (Å²) < 4.78 is 0.